The second kappa shape index (κ2) is 6.76. The maximum atomic E-state index is 13.0. The van der Waals surface area contributed by atoms with Gasteiger partial charge in [0.1, 0.15) is 9.79 Å². The highest BCUT2D eigenvalue weighted by Crippen LogP contribution is 2.24. The zero-order chi connectivity index (χ0) is 19.1. The van der Waals surface area contributed by atoms with Crippen molar-refractivity contribution in [1.82, 2.24) is 28.6 Å². The number of nitrogens with zero attached hydrogens (tertiary/aromatic N) is 5. The van der Waals surface area contributed by atoms with E-state index in [1.54, 1.807) is 20.9 Å². The number of H-pyrrole nitrogens is 1. The Balaban J connectivity index is 1.83. The second-order valence-electron chi connectivity index (χ2n) is 6.27. The van der Waals surface area contributed by atoms with Crippen LogP contribution >= 0.6 is 0 Å². The van der Waals surface area contributed by atoms with Crippen LogP contribution in [0.5, 0.6) is 0 Å². The largest absolute Gasteiger partial charge is 0.281 e. The molecule has 3 rings (SSSR count). The van der Waals surface area contributed by atoms with Gasteiger partial charge in [-0.3, -0.25) is 9.78 Å². The molecule has 0 radical (unpaired) electrons. The maximum Gasteiger partial charge on any atom is 0.246 e. The van der Waals surface area contributed by atoms with Gasteiger partial charge in [-0.15, -0.1) is 0 Å². The number of aromatic amines is 1. The number of hydrogen-bond acceptors (Lipinski definition) is 6. The Morgan fingerprint density at radius 2 is 1.62 bits per heavy atom. The van der Waals surface area contributed by atoms with Crippen molar-refractivity contribution >= 4 is 20.0 Å². The molecule has 0 saturated carbocycles. The monoisotopic (exact) mass is 402 g/mol. The highest BCUT2D eigenvalue weighted by atomic mass is 32.2. The van der Waals surface area contributed by atoms with Crippen LogP contribution in [0.2, 0.25) is 0 Å². The lowest BCUT2D eigenvalue weighted by atomic mass is 10.4. The molecule has 0 amide bonds. The molecule has 2 aromatic heterocycles. The summed E-state index contributed by atoms with van der Waals surface area (Å²) >= 11 is 0. The Morgan fingerprint density at radius 1 is 1.00 bits per heavy atom. The van der Waals surface area contributed by atoms with Gasteiger partial charge in [0.15, 0.2) is 0 Å². The van der Waals surface area contributed by atoms with E-state index in [2.05, 4.69) is 15.3 Å². The quantitative estimate of drug-likeness (QED) is 0.759. The van der Waals surface area contributed by atoms with Gasteiger partial charge in [0.25, 0.3) is 0 Å². The van der Waals surface area contributed by atoms with E-state index in [-0.39, 0.29) is 36.0 Å². The molecule has 0 unspecified atom stereocenters. The smallest absolute Gasteiger partial charge is 0.246 e. The topological polar surface area (TPSA) is 121 Å². The summed E-state index contributed by atoms with van der Waals surface area (Å²) in [5.74, 6) is 0. The van der Waals surface area contributed by atoms with Crippen LogP contribution in [0, 0.1) is 13.8 Å². The fourth-order valence-corrected chi connectivity index (χ4v) is 6.34. The van der Waals surface area contributed by atoms with E-state index >= 15 is 0 Å². The first-order chi connectivity index (χ1) is 12.1. The molecule has 0 aromatic carbocycles. The molecular formula is C14H22N6O4S2. The lowest BCUT2D eigenvalue weighted by Gasteiger charge is -2.21. The summed E-state index contributed by atoms with van der Waals surface area (Å²) in [7, 11) is -5.78. The van der Waals surface area contributed by atoms with Gasteiger partial charge in [-0.05, 0) is 20.3 Å². The number of rotatable bonds is 4. The van der Waals surface area contributed by atoms with Crippen molar-refractivity contribution in [2.45, 2.75) is 30.1 Å². The molecule has 3 heterocycles. The Morgan fingerprint density at radius 3 is 2.12 bits per heavy atom. The SMILES string of the molecule is Cc1n[nH]c(C)c1S(=O)(=O)N1CCCN(S(=O)(=O)c2cnn(C)c2)CC1. The Bertz CT molecular complexity index is 989. The van der Waals surface area contributed by atoms with E-state index in [0.29, 0.717) is 17.8 Å². The molecule has 0 atom stereocenters. The van der Waals surface area contributed by atoms with Crippen molar-refractivity contribution in [2.24, 2.45) is 7.05 Å². The lowest BCUT2D eigenvalue weighted by Crippen LogP contribution is -2.37. The summed E-state index contributed by atoms with van der Waals surface area (Å²) in [4.78, 5) is 0.277. The van der Waals surface area contributed by atoms with E-state index in [4.69, 9.17) is 0 Å². The molecule has 1 aliphatic heterocycles. The van der Waals surface area contributed by atoms with Crippen molar-refractivity contribution in [3.05, 3.63) is 23.8 Å². The first-order valence-electron chi connectivity index (χ1n) is 8.14. The van der Waals surface area contributed by atoms with Crippen LogP contribution in [0.3, 0.4) is 0 Å². The Kier molecular flexibility index (Phi) is 4.94. The summed E-state index contributed by atoms with van der Waals surface area (Å²) < 4.78 is 55.5. The number of hydrogen-bond donors (Lipinski definition) is 1. The van der Waals surface area contributed by atoms with E-state index in [1.807, 2.05) is 0 Å². The van der Waals surface area contributed by atoms with Crippen molar-refractivity contribution in [2.75, 3.05) is 26.2 Å². The summed E-state index contributed by atoms with van der Waals surface area (Å²) in [5, 5.41) is 10.5. The third kappa shape index (κ3) is 3.29. The third-order valence-electron chi connectivity index (χ3n) is 4.39. The zero-order valence-corrected chi connectivity index (χ0v) is 16.5. The fraction of sp³-hybridized carbons (Fsp3) is 0.571. The van der Waals surface area contributed by atoms with Gasteiger partial charge in [-0.1, -0.05) is 0 Å². The van der Waals surface area contributed by atoms with Gasteiger partial charge in [0.2, 0.25) is 20.0 Å². The first kappa shape index (κ1) is 19.0. The molecule has 144 valence electrons. The van der Waals surface area contributed by atoms with Gasteiger partial charge >= 0.3 is 0 Å². The van der Waals surface area contributed by atoms with Crippen molar-refractivity contribution in [1.29, 1.82) is 0 Å². The predicted molar refractivity (Wildman–Crippen MR) is 93.4 cm³/mol. The second-order valence-corrected chi connectivity index (χ2v) is 10.1. The minimum Gasteiger partial charge on any atom is -0.281 e. The predicted octanol–water partition coefficient (Wildman–Crippen LogP) is -0.155. The molecule has 12 heteroatoms. The van der Waals surface area contributed by atoms with Crippen LogP contribution in [0.4, 0.5) is 0 Å². The highest BCUT2D eigenvalue weighted by Gasteiger charge is 2.34. The molecule has 0 aliphatic carbocycles. The first-order valence-corrected chi connectivity index (χ1v) is 11.0. The summed E-state index contributed by atoms with van der Waals surface area (Å²) in [6.07, 6.45) is 3.15. The molecule has 1 fully saturated rings. The molecule has 2 aromatic rings. The average molecular weight is 403 g/mol. The highest BCUT2D eigenvalue weighted by molar-refractivity contribution is 7.89. The molecular weight excluding hydrogens is 380 g/mol. The minimum atomic E-state index is -3.73. The molecule has 1 N–H and O–H groups in total. The van der Waals surface area contributed by atoms with Gasteiger partial charge in [-0.25, -0.2) is 16.8 Å². The average Bonchev–Trinajstić information content (AvgIpc) is 3.04. The molecule has 10 nitrogen and oxygen atoms in total. The molecule has 26 heavy (non-hydrogen) atoms. The molecule has 1 aliphatic rings. The van der Waals surface area contributed by atoms with Crippen LogP contribution in [-0.4, -0.2) is 71.6 Å². The summed E-state index contributed by atoms with van der Waals surface area (Å²) in [6, 6.07) is 0. The number of nitrogens with one attached hydrogen (secondary N) is 1. The lowest BCUT2D eigenvalue weighted by molar-refractivity contribution is 0.404. The van der Waals surface area contributed by atoms with Crippen LogP contribution in [0.15, 0.2) is 22.2 Å². The maximum absolute atomic E-state index is 13.0. The normalized spacial score (nSPS) is 18.1. The van der Waals surface area contributed by atoms with Crippen LogP contribution in [-0.2, 0) is 27.1 Å². The Hall–Kier alpha value is -1.76. The van der Waals surface area contributed by atoms with Gasteiger partial charge in [0.05, 0.1) is 17.6 Å². The van der Waals surface area contributed by atoms with Crippen molar-refractivity contribution < 1.29 is 16.8 Å². The van der Waals surface area contributed by atoms with Gasteiger partial charge in [0, 0.05) is 39.4 Å². The van der Waals surface area contributed by atoms with E-state index < -0.39 is 20.0 Å². The standard InChI is InChI=1S/C14H22N6O4S2/c1-11-14(12(2)17-16-11)26(23,24)20-6-4-5-19(7-8-20)25(21,22)13-9-15-18(3)10-13/h9-10H,4-8H2,1-3H3,(H,16,17). The molecule has 1 saturated heterocycles. The van der Waals surface area contributed by atoms with Crippen LogP contribution in [0.1, 0.15) is 17.8 Å². The van der Waals surface area contributed by atoms with Gasteiger partial charge in [-0.2, -0.15) is 18.8 Å². The van der Waals surface area contributed by atoms with Crippen molar-refractivity contribution in [3.8, 4) is 0 Å². The molecule has 0 spiro atoms. The van der Waals surface area contributed by atoms with E-state index in [1.165, 1.54) is 25.7 Å². The Labute approximate surface area is 152 Å². The third-order valence-corrected chi connectivity index (χ3v) is 8.41. The van der Waals surface area contributed by atoms with E-state index in [0.717, 1.165) is 0 Å². The number of aryl methyl sites for hydroxylation is 3. The van der Waals surface area contributed by atoms with E-state index in [9.17, 15) is 16.8 Å². The fourth-order valence-electron chi connectivity index (χ4n) is 3.08. The van der Waals surface area contributed by atoms with Crippen LogP contribution < -0.4 is 0 Å². The van der Waals surface area contributed by atoms with Crippen LogP contribution in [0.25, 0.3) is 0 Å². The van der Waals surface area contributed by atoms with Gasteiger partial charge < -0.3 is 0 Å². The number of aromatic nitrogens is 4. The zero-order valence-electron chi connectivity index (χ0n) is 14.9. The number of sulfonamides is 2. The van der Waals surface area contributed by atoms with Crippen molar-refractivity contribution in [3.63, 3.8) is 0 Å². The summed E-state index contributed by atoms with van der Waals surface area (Å²) in [6.45, 7) is 3.98. The molecule has 0 bridgehead atoms. The summed E-state index contributed by atoms with van der Waals surface area (Å²) in [5.41, 5.74) is 0.887. The minimum absolute atomic E-state index is 0.0892.